The Balaban J connectivity index is 2.23. The fraction of sp³-hybridized carbons (Fsp3) is 0.308. The van der Waals surface area contributed by atoms with Gasteiger partial charge in [0.25, 0.3) is 0 Å². The maximum absolute atomic E-state index is 12.1. The molecule has 0 bridgehead atoms. The summed E-state index contributed by atoms with van der Waals surface area (Å²) in [5.41, 5.74) is 0.760. The van der Waals surface area contributed by atoms with Crippen LogP contribution in [0.5, 0.6) is 0 Å². The summed E-state index contributed by atoms with van der Waals surface area (Å²) in [6, 6.07) is 6.84. The highest BCUT2D eigenvalue weighted by Gasteiger charge is 2.17. The van der Waals surface area contributed by atoms with Crippen LogP contribution >= 0.6 is 11.3 Å². The summed E-state index contributed by atoms with van der Waals surface area (Å²) in [6.07, 6.45) is 1.76. The molecule has 0 aliphatic heterocycles. The van der Waals surface area contributed by atoms with Gasteiger partial charge in [-0.05, 0) is 25.1 Å². The van der Waals surface area contributed by atoms with Gasteiger partial charge in [-0.25, -0.2) is 17.7 Å². The predicted octanol–water partition coefficient (Wildman–Crippen LogP) is 2.57. The third-order valence-electron chi connectivity index (χ3n) is 2.82. The van der Waals surface area contributed by atoms with Crippen molar-refractivity contribution < 1.29 is 8.42 Å². The zero-order valence-corrected chi connectivity index (χ0v) is 13.2. The number of rotatable bonds is 5. The number of thiazole rings is 1. The van der Waals surface area contributed by atoms with E-state index in [4.69, 9.17) is 0 Å². The van der Waals surface area contributed by atoms with Crippen molar-refractivity contribution in [3.05, 3.63) is 40.8 Å². The molecule has 1 heterocycles. The van der Waals surface area contributed by atoms with Gasteiger partial charge < -0.3 is 5.32 Å². The van der Waals surface area contributed by atoms with E-state index in [9.17, 15) is 8.42 Å². The summed E-state index contributed by atoms with van der Waals surface area (Å²) in [4.78, 5) is 4.52. The van der Waals surface area contributed by atoms with Gasteiger partial charge in [0.1, 0.15) is 5.01 Å². The Bertz CT molecular complexity index is 667. The molecule has 1 N–H and O–H groups in total. The second-order valence-electron chi connectivity index (χ2n) is 4.55. The molecule has 1 aromatic heterocycles. The van der Waals surface area contributed by atoms with E-state index in [0.717, 1.165) is 10.7 Å². The molecule has 0 fully saturated rings. The number of sulfonamides is 1. The van der Waals surface area contributed by atoms with Crippen LogP contribution < -0.4 is 5.32 Å². The van der Waals surface area contributed by atoms with E-state index in [1.165, 1.54) is 18.4 Å². The van der Waals surface area contributed by atoms with Crippen LogP contribution in [-0.4, -0.2) is 31.8 Å². The average molecular weight is 311 g/mol. The van der Waals surface area contributed by atoms with Gasteiger partial charge in [-0.3, -0.25) is 0 Å². The zero-order chi connectivity index (χ0) is 14.8. The van der Waals surface area contributed by atoms with Gasteiger partial charge in [0, 0.05) is 31.4 Å². The molecule has 108 valence electrons. The first-order chi connectivity index (χ1) is 9.41. The minimum absolute atomic E-state index is 0.0345. The lowest BCUT2D eigenvalue weighted by Gasteiger charge is -2.15. The van der Waals surface area contributed by atoms with E-state index in [2.05, 4.69) is 10.3 Å². The summed E-state index contributed by atoms with van der Waals surface area (Å²) in [5.74, 6) is 0. The smallest absolute Gasteiger partial charge is 0.242 e. The Kier molecular flexibility index (Phi) is 4.42. The molecule has 0 aliphatic rings. The second-order valence-corrected chi connectivity index (χ2v) is 7.63. The van der Waals surface area contributed by atoms with Crippen LogP contribution in [0.25, 0.3) is 0 Å². The average Bonchev–Trinajstić information content (AvgIpc) is 2.92. The molecule has 7 heteroatoms. The highest BCUT2D eigenvalue weighted by molar-refractivity contribution is 7.89. The molecule has 2 rings (SSSR count). The van der Waals surface area contributed by atoms with Gasteiger partial charge in [0.2, 0.25) is 10.0 Å². The Morgan fingerprint density at radius 2 is 2.10 bits per heavy atom. The molecule has 0 aliphatic carbocycles. The topological polar surface area (TPSA) is 62.3 Å². The lowest BCUT2D eigenvalue weighted by molar-refractivity contribution is 0.521. The first-order valence-corrected chi connectivity index (χ1v) is 8.42. The van der Waals surface area contributed by atoms with Crippen LogP contribution in [0.1, 0.15) is 18.0 Å². The number of hydrogen-bond donors (Lipinski definition) is 1. The van der Waals surface area contributed by atoms with Crippen LogP contribution in [0.2, 0.25) is 0 Å². The molecular weight excluding hydrogens is 294 g/mol. The number of nitrogens with one attached hydrogen (secondary N) is 1. The molecule has 1 atom stereocenters. The summed E-state index contributed by atoms with van der Waals surface area (Å²) in [5, 5.41) is 6.14. The minimum Gasteiger partial charge on any atom is -0.376 e. The van der Waals surface area contributed by atoms with Crippen molar-refractivity contribution in [2.75, 3.05) is 19.4 Å². The molecule has 0 saturated carbocycles. The van der Waals surface area contributed by atoms with Crippen LogP contribution in [0.15, 0.2) is 40.7 Å². The third kappa shape index (κ3) is 3.17. The van der Waals surface area contributed by atoms with Crippen LogP contribution in [0, 0.1) is 0 Å². The fourth-order valence-corrected chi connectivity index (χ4v) is 3.31. The Hall–Kier alpha value is -1.44. The number of anilines is 1. The highest BCUT2D eigenvalue weighted by atomic mass is 32.2. The van der Waals surface area contributed by atoms with E-state index in [1.807, 2.05) is 18.4 Å². The first kappa shape index (κ1) is 15.0. The van der Waals surface area contributed by atoms with Gasteiger partial charge in [-0.1, -0.05) is 6.07 Å². The molecule has 1 aromatic carbocycles. The normalized spacial score (nSPS) is 13.4. The number of hydrogen-bond acceptors (Lipinski definition) is 5. The van der Waals surface area contributed by atoms with Gasteiger partial charge in [0.05, 0.1) is 10.9 Å². The third-order valence-corrected chi connectivity index (χ3v) is 5.59. The van der Waals surface area contributed by atoms with Crippen molar-refractivity contribution >= 4 is 27.0 Å². The van der Waals surface area contributed by atoms with Gasteiger partial charge in [-0.15, -0.1) is 11.3 Å². The minimum atomic E-state index is -3.41. The fourth-order valence-electron chi connectivity index (χ4n) is 1.72. The number of benzene rings is 1. The molecule has 0 saturated heterocycles. The molecule has 0 amide bonds. The van der Waals surface area contributed by atoms with E-state index < -0.39 is 10.0 Å². The standard InChI is InChI=1S/C13H17N3O2S2/c1-10(13-14-7-8-19-13)15-11-5-4-6-12(9-11)20(17,18)16(2)3/h4-10,15H,1-3H3. The molecule has 20 heavy (non-hydrogen) atoms. The molecular formula is C13H17N3O2S2. The van der Waals surface area contributed by atoms with Crippen molar-refractivity contribution in [2.24, 2.45) is 0 Å². The van der Waals surface area contributed by atoms with Crippen molar-refractivity contribution in [1.29, 1.82) is 0 Å². The monoisotopic (exact) mass is 311 g/mol. The van der Waals surface area contributed by atoms with Gasteiger partial charge in [-0.2, -0.15) is 0 Å². The van der Waals surface area contributed by atoms with Crippen LogP contribution in [0.4, 0.5) is 5.69 Å². The van der Waals surface area contributed by atoms with Crippen LogP contribution in [-0.2, 0) is 10.0 Å². The molecule has 0 spiro atoms. The van der Waals surface area contributed by atoms with Gasteiger partial charge >= 0.3 is 0 Å². The number of nitrogens with zero attached hydrogens (tertiary/aromatic N) is 2. The lowest BCUT2D eigenvalue weighted by atomic mass is 10.3. The van der Waals surface area contributed by atoms with E-state index in [-0.39, 0.29) is 10.9 Å². The van der Waals surface area contributed by atoms with E-state index in [0.29, 0.717) is 0 Å². The van der Waals surface area contributed by atoms with E-state index >= 15 is 0 Å². The molecule has 1 unspecified atom stereocenters. The molecule has 0 radical (unpaired) electrons. The summed E-state index contributed by atoms with van der Waals surface area (Å²) in [7, 11) is -0.366. The summed E-state index contributed by atoms with van der Waals surface area (Å²) in [6.45, 7) is 1.99. The Labute approximate surface area is 123 Å². The quantitative estimate of drug-likeness (QED) is 0.922. The van der Waals surface area contributed by atoms with Crippen LogP contribution in [0.3, 0.4) is 0 Å². The van der Waals surface area contributed by atoms with Crippen molar-refractivity contribution in [1.82, 2.24) is 9.29 Å². The van der Waals surface area contributed by atoms with Gasteiger partial charge in [0.15, 0.2) is 0 Å². The lowest BCUT2D eigenvalue weighted by Crippen LogP contribution is -2.22. The maximum atomic E-state index is 12.1. The van der Waals surface area contributed by atoms with Crippen molar-refractivity contribution in [2.45, 2.75) is 17.9 Å². The summed E-state index contributed by atoms with van der Waals surface area (Å²) < 4.78 is 25.4. The number of aromatic nitrogens is 1. The molecule has 5 nitrogen and oxygen atoms in total. The largest absolute Gasteiger partial charge is 0.376 e. The van der Waals surface area contributed by atoms with Crippen molar-refractivity contribution in [3.8, 4) is 0 Å². The second kappa shape index (κ2) is 5.90. The summed E-state index contributed by atoms with van der Waals surface area (Å²) >= 11 is 1.56. The first-order valence-electron chi connectivity index (χ1n) is 6.10. The predicted molar refractivity (Wildman–Crippen MR) is 81.5 cm³/mol. The maximum Gasteiger partial charge on any atom is 0.242 e. The Morgan fingerprint density at radius 3 is 2.70 bits per heavy atom. The Morgan fingerprint density at radius 1 is 1.35 bits per heavy atom. The highest BCUT2D eigenvalue weighted by Crippen LogP contribution is 2.23. The molecule has 2 aromatic rings. The van der Waals surface area contributed by atoms with Crippen molar-refractivity contribution in [3.63, 3.8) is 0 Å². The zero-order valence-electron chi connectivity index (χ0n) is 11.6. The van der Waals surface area contributed by atoms with E-state index in [1.54, 1.807) is 35.7 Å². The SMILES string of the molecule is CC(Nc1cccc(S(=O)(=O)N(C)C)c1)c1nccs1.